The number of thiazole rings is 1. The van der Waals surface area contributed by atoms with Gasteiger partial charge in [-0.05, 0) is 19.1 Å². The minimum Gasteiger partial charge on any atom is -0.476 e. The molecule has 0 amide bonds. The lowest BCUT2D eigenvalue weighted by atomic mass is 10.5. The first-order chi connectivity index (χ1) is 6.63. The Morgan fingerprint density at radius 3 is 3.00 bits per heavy atom. The van der Waals surface area contributed by atoms with Crippen LogP contribution in [0.2, 0.25) is 0 Å². The fourth-order valence-electron chi connectivity index (χ4n) is 0.731. The number of aromatic carboxylic acids is 1. The molecule has 1 rings (SSSR count). The Hall–Kier alpha value is -1.21. The van der Waals surface area contributed by atoms with Crippen LogP contribution in [-0.2, 0) is 0 Å². The highest BCUT2D eigenvalue weighted by molar-refractivity contribution is 7.80. The summed E-state index contributed by atoms with van der Waals surface area (Å²) in [6, 6.07) is 0. The molecule has 0 aliphatic rings. The van der Waals surface area contributed by atoms with Crippen molar-refractivity contribution in [3.05, 3.63) is 11.1 Å². The first-order valence-electron chi connectivity index (χ1n) is 3.87. The summed E-state index contributed by atoms with van der Waals surface area (Å²) in [6.45, 7) is 2.63. The van der Waals surface area contributed by atoms with Gasteiger partial charge < -0.3 is 15.7 Å². The Morgan fingerprint density at radius 2 is 2.50 bits per heavy atom. The zero-order valence-electron chi connectivity index (χ0n) is 7.40. The zero-order chi connectivity index (χ0) is 10.6. The van der Waals surface area contributed by atoms with Gasteiger partial charge in [0.05, 0.1) is 0 Å². The molecule has 1 aromatic rings. The molecule has 1 aromatic heterocycles. The SMILES string of the molecule is CCNC(=S)Nc1nc(C(=O)O)cs1. The molecule has 0 bridgehead atoms. The Morgan fingerprint density at radius 1 is 1.79 bits per heavy atom. The molecule has 1 heterocycles. The van der Waals surface area contributed by atoms with Gasteiger partial charge in [-0.25, -0.2) is 9.78 Å². The highest BCUT2D eigenvalue weighted by Crippen LogP contribution is 2.14. The predicted molar refractivity (Wildman–Crippen MR) is 59.0 cm³/mol. The molecule has 0 saturated heterocycles. The van der Waals surface area contributed by atoms with E-state index in [2.05, 4.69) is 15.6 Å². The second-order valence-electron chi connectivity index (χ2n) is 2.33. The van der Waals surface area contributed by atoms with Crippen LogP contribution in [0.1, 0.15) is 17.4 Å². The number of aromatic nitrogens is 1. The lowest BCUT2D eigenvalue weighted by Crippen LogP contribution is -2.27. The monoisotopic (exact) mass is 231 g/mol. The quantitative estimate of drug-likeness (QED) is 0.678. The molecule has 0 unspecified atom stereocenters. The van der Waals surface area contributed by atoms with Gasteiger partial charge in [0.1, 0.15) is 0 Å². The molecule has 5 nitrogen and oxygen atoms in total. The van der Waals surface area contributed by atoms with E-state index >= 15 is 0 Å². The number of carbonyl (C=O) groups is 1. The largest absolute Gasteiger partial charge is 0.476 e. The number of rotatable bonds is 3. The number of anilines is 1. The normalized spacial score (nSPS) is 9.50. The highest BCUT2D eigenvalue weighted by atomic mass is 32.1. The van der Waals surface area contributed by atoms with Gasteiger partial charge in [-0.3, -0.25) is 0 Å². The van der Waals surface area contributed by atoms with Crippen molar-refractivity contribution in [1.29, 1.82) is 0 Å². The summed E-state index contributed by atoms with van der Waals surface area (Å²) in [4.78, 5) is 14.3. The van der Waals surface area contributed by atoms with Gasteiger partial charge in [0.15, 0.2) is 15.9 Å². The number of hydrogen-bond donors (Lipinski definition) is 3. The summed E-state index contributed by atoms with van der Waals surface area (Å²) in [5.74, 6) is -1.04. The second kappa shape index (κ2) is 4.87. The van der Waals surface area contributed by atoms with Gasteiger partial charge in [0, 0.05) is 11.9 Å². The molecule has 14 heavy (non-hydrogen) atoms. The third kappa shape index (κ3) is 2.93. The van der Waals surface area contributed by atoms with Crippen LogP contribution in [0.4, 0.5) is 5.13 Å². The maximum atomic E-state index is 10.5. The Bertz CT molecular complexity index is 350. The van der Waals surface area contributed by atoms with Crippen molar-refractivity contribution in [3.8, 4) is 0 Å². The first-order valence-corrected chi connectivity index (χ1v) is 5.16. The number of hydrogen-bond acceptors (Lipinski definition) is 4. The van der Waals surface area contributed by atoms with E-state index in [0.29, 0.717) is 16.8 Å². The molecule has 0 saturated carbocycles. The molecular weight excluding hydrogens is 222 g/mol. The van der Waals surface area contributed by atoms with Gasteiger partial charge in [-0.15, -0.1) is 11.3 Å². The summed E-state index contributed by atoms with van der Waals surface area (Å²) < 4.78 is 0. The van der Waals surface area contributed by atoms with E-state index in [0.717, 1.165) is 0 Å². The molecular formula is C7H9N3O2S2. The Balaban J connectivity index is 2.59. The molecule has 0 aliphatic carbocycles. The standard InChI is InChI=1S/C7H9N3O2S2/c1-2-8-6(13)10-7-9-4(3-14-7)5(11)12/h3H,2H2,1H3,(H,11,12)(H2,8,9,10,13). The van der Waals surface area contributed by atoms with E-state index < -0.39 is 5.97 Å². The third-order valence-corrected chi connectivity index (χ3v) is 2.29. The van der Waals surface area contributed by atoms with Crippen LogP contribution in [0.25, 0.3) is 0 Å². The molecule has 0 fully saturated rings. The number of nitrogens with zero attached hydrogens (tertiary/aromatic N) is 1. The first kappa shape index (κ1) is 10.9. The molecule has 76 valence electrons. The van der Waals surface area contributed by atoms with Crippen LogP contribution in [0.3, 0.4) is 0 Å². The molecule has 0 spiro atoms. The van der Waals surface area contributed by atoms with Crippen LogP contribution in [0.5, 0.6) is 0 Å². The number of carboxylic acid groups (broad SMARTS) is 1. The van der Waals surface area contributed by atoms with E-state index in [1.807, 2.05) is 6.92 Å². The third-order valence-electron chi connectivity index (χ3n) is 1.28. The second-order valence-corrected chi connectivity index (χ2v) is 3.59. The summed E-state index contributed by atoms with van der Waals surface area (Å²) in [5, 5.41) is 16.6. The predicted octanol–water partition coefficient (Wildman–Crippen LogP) is 1.15. The minimum atomic E-state index is -1.04. The molecule has 0 atom stereocenters. The molecule has 0 aliphatic heterocycles. The van der Waals surface area contributed by atoms with Gasteiger partial charge in [-0.2, -0.15) is 0 Å². The minimum absolute atomic E-state index is 0.0248. The number of nitrogens with one attached hydrogen (secondary N) is 2. The zero-order valence-corrected chi connectivity index (χ0v) is 9.04. The summed E-state index contributed by atoms with van der Waals surface area (Å²) in [7, 11) is 0. The summed E-state index contributed by atoms with van der Waals surface area (Å²) in [6.07, 6.45) is 0. The van der Waals surface area contributed by atoms with Crippen molar-refractivity contribution in [2.24, 2.45) is 0 Å². The van der Waals surface area contributed by atoms with E-state index in [9.17, 15) is 4.79 Å². The van der Waals surface area contributed by atoms with E-state index in [1.165, 1.54) is 16.7 Å². The fourth-order valence-corrected chi connectivity index (χ4v) is 1.73. The Labute approximate surface area is 90.2 Å². The summed E-state index contributed by atoms with van der Waals surface area (Å²) >= 11 is 6.11. The Kier molecular flexibility index (Phi) is 3.78. The van der Waals surface area contributed by atoms with E-state index in [-0.39, 0.29) is 5.69 Å². The fraction of sp³-hybridized carbons (Fsp3) is 0.286. The molecule has 0 radical (unpaired) electrons. The van der Waals surface area contributed by atoms with Crippen molar-refractivity contribution >= 4 is 39.8 Å². The van der Waals surface area contributed by atoms with E-state index in [4.69, 9.17) is 17.3 Å². The number of thiocarbonyl (C=S) groups is 1. The average molecular weight is 231 g/mol. The van der Waals surface area contributed by atoms with Gasteiger partial charge >= 0.3 is 5.97 Å². The van der Waals surface area contributed by atoms with Crippen molar-refractivity contribution in [2.75, 3.05) is 11.9 Å². The van der Waals surface area contributed by atoms with Crippen molar-refractivity contribution in [3.63, 3.8) is 0 Å². The molecule has 7 heteroatoms. The topological polar surface area (TPSA) is 74.2 Å². The van der Waals surface area contributed by atoms with Gasteiger partial charge in [0.2, 0.25) is 0 Å². The van der Waals surface area contributed by atoms with Crippen LogP contribution >= 0.6 is 23.6 Å². The molecule has 3 N–H and O–H groups in total. The van der Waals surface area contributed by atoms with Crippen LogP contribution < -0.4 is 10.6 Å². The number of carboxylic acids is 1. The van der Waals surface area contributed by atoms with Crippen molar-refractivity contribution in [2.45, 2.75) is 6.92 Å². The van der Waals surface area contributed by atoms with Crippen LogP contribution in [-0.4, -0.2) is 27.7 Å². The van der Waals surface area contributed by atoms with Crippen LogP contribution in [0, 0.1) is 0 Å². The smallest absolute Gasteiger partial charge is 0.355 e. The molecule has 0 aromatic carbocycles. The maximum absolute atomic E-state index is 10.5. The van der Waals surface area contributed by atoms with Crippen molar-refractivity contribution < 1.29 is 9.90 Å². The highest BCUT2D eigenvalue weighted by Gasteiger charge is 2.08. The van der Waals surface area contributed by atoms with Crippen molar-refractivity contribution in [1.82, 2.24) is 10.3 Å². The van der Waals surface area contributed by atoms with Gasteiger partial charge in [0.25, 0.3) is 0 Å². The lowest BCUT2D eigenvalue weighted by molar-refractivity contribution is 0.0691. The maximum Gasteiger partial charge on any atom is 0.355 e. The van der Waals surface area contributed by atoms with E-state index in [1.54, 1.807) is 0 Å². The van der Waals surface area contributed by atoms with Gasteiger partial charge in [-0.1, -0.05) is 0 Å². The van der Waals surface area contributed by atoms with Crippen LogP contribution in [0.15, 0.2) is 5.38 Å². The lowest BCUT2D eigenvalue weighted by Gasteiger charge is -2.04. The summed E-state index contributed by atoms with van der Waals surface area (Å²) in [5.41, 5.74) is 0.0248. The average Bonchev–Trinajstić information content (AvgIpc) is 2.53.